The summed E-state index contributed by atoms with van der Waals surface area (Å²) in [5.74, 6) is 0. The molecule has 0 saturated carbocycles. The Kier molecular flexibility index (Phi) is 15.0. The lowest BCUT2D eigenvalue weighted by Crippen LogP contribution is -2.55. The molecule has 1 aliphatic rings. The SMILES string of the molecule is CCCCCC/C=C/CCCCCCCCO[C@@H]1[C@@H](O)[C@H](CO)OC[C@H]1O. The fraction of sp³-hybridized carbons (Fsp3) is 0.909. The molecule has 0 unspecified atom stereocenters. The average molecular weight is 387 g/mol. The Hall–Kier alpha value is -0.460. The quantitative estimate of drug-likeness (QED) is 0.278. The summed E-state index contributed by atoms with van der Waals surface area (Å²) in [4.78, 5) is 0. The minimum atomic E-state index is -0.974. The molecule has 5 nitrogen and oxygen atoms in total. The first-order chi connectivity index (χ1) is 13.2. The highest BCUT2D eigenvalue weighted by Gasteiger charge is 2.38. The zero-order valence-corrected chi connectivity index (χ0v) is 17.2. The van der Waals surface area contributed by atoms with Crippen molar-refractivity contribution in [3.05, 3.63) is 12.2 Å². The summed E-state index contributed by atoms with van der Waals surface area (Å²) in [6, 6.07) is 0. The molecular formula is C22H42O5. The molecule has 4 atom stereocenters. The van der Waals surface area contributed by atoms with Gasteiger partial charge in [-0.25, -0.2) is 0 Å². The number of hydrogen-bond acceptors (Lipinski definition) is 5. The van der Waals surface area contributed by atoms with Gasteiger partial charge in [0.1, 0.15) is 24.4 Å². The van der Waals surface area contributed by atoms with E-state index in [9.17, 15) is 10.2 Å². The molecule has 1 heterocycles. The summed E-state index contributed by atoms with van der Waals surface area (Å²) in [7, 11) is 0. The van der Waals surface area contributed by atoms with E-state index in [1.165, 1.54) is 64.2 Å². The molecule has 0 aromatic heterocycles. The summed E-state index contributed by atoms with van der Waals surface area (Å²) < 4.78 is 10.8. The van der Waals surface area contributed by atoms with Gasteiger partial charge in [-0.05, 0) is 32.1 Å². The highest BCUT2D eigenvalue weighted by Crippen LogP contribution is 2.19. The molecule has 5 heteroatoms. The van der Waals surface area contributed by atoms with Gasteiger partial charge in [0.15, 0.2) is 0 Å². The van der Waals surface area contributed by atoms with E-state index < -0.39 is 24.4 Å². The Bertz CT molecular complexity index is 361. The van der Waals surface area contributed by atoms with E-state index in [-0.39, 0.29) is 13.2 Å². The van der Waals surface area contributed by atoms with E-state index in [2.05, 4.69) is 19.1 Å². The van der Waals surface area contributed by atoms with Crippen LogP contribution in [0.2, 0.25) is 0 Å². The molecule has 0 aromatic carbocycles. The minimum Gasteiger partial charge on any atom is -0.394 e. The van der Waals surface area contributed by atoms with Gasteiger partial charge in [-0.3, -0.25) is 0 Å². The molecule has 1 aliphatic heterocycles. The van der Waals surface area contributed by atoms with E-state index in [0.717, 1.165) is 12.8 Å². The molecule has 160 valence electrons. The second-order valence-corrected chi connectivity index (χ2v) is 7.68. The Labute approximate surface area is 165 Å². The molecule has 0 amide bonds. The molecule has 1 saturated heterocycles. The van der Waals surface area contributed by atoms with Gasteiger partial charge < -0.3 is 24.8 Å². The number of aliphatic hydroxyl groups is 3. The van der Waals surface area contributed by atoms with Crippen LogP contribution in [0.5, 0.6) is 0 Å². The Balaban J connectivity index is 1.91. The number of aliphatic hydroxyl groups excluding tert-OH is 3. The molecule has 0 spiro atoms. The zero-order chi connectivity index (χ0) is 19.7. The Morgan fingerprint density at radius 3 is 2.11 bits per heavy atom. The highest BCUT2D eigenvalue weighted by molar-refractivity contribution is 4.87. The van der Waals surface area contributed by atoms with E-state index in [1.54, 1.807) is 0 Å². The van der Waals surface area contributed by atoms with Gasteiger partial charge in [-0.1, -0.05) is 64.0 Å². The van der Waals surface area contributed by atoms with Crippen LogP contribution in [0.4, 0.5) is 0 Å². The lowest BCUT2D eigenvalue weighted by Gasteiger charge is -2.37. The predicted octanol–water partition coefficient (Wildman–Crippen LogP) is 3.74. The van der Waals surface area contributed by atoms with E-state index in [1.807, 2.05) is 0 Å². The third-order valence-corrected chi connectivity index (χ3v) is 5.22. The van der Waals surface area contributed by atoms with Crippen molar-refractivity contribution in [2.24, 2.45) is 0 Å². The topological polar surface area (TPSA) is 79.2 Å². The normalized spacial score (nSPS) is 26.1. The van der Waals surface area contributed by atoms with Gasteiger partial charge in [-0.15, -0.1) is 0 Å². The number of hydrogen-bond donors (Lipinski definition) is 3. The third kappa shape index (κ3) is 11.2. The first-order valence-corrected chi connectivity index (χ1v) is 11.1. The van der Waals surface area contributed by atoms with Crippen LogP contribution in [0.25, 0.3) is 0 Å². The molecule has 0 radical (unpaired) electrons. The van der Waals surface area contributed by atoms with Crippen molar-refractivity contribution in [2.45, 2.75) is 108 Å². The summed E-state index contributed by atoms with van der Waals surface area (Å²) in [6.07, 6.45) is 16.4. The average Bonchev–Trinajstić information content (AvgIpc) is 2.67. The van der Waals surface area contributed by atoms with Gasteiger partial charge in [0.25, 0.3) is 0 Å². The minimum absolute atomic E-state index is 0.0974. The predicted molar refractivity (Wildman–Crippen MR) is 109 cm³/mol. The van der Waals surface area contributed by atoms with Crippen LogP contribution in [-0.2, 0) is 9.47 Å². The van der Waals surface area contributed by atoms with Gasteiger partial charge in [0, 0.05) is 6.61 Å². The summed E-state index contributed by atoms with van der Waals surface area (Å²) >= 11 is 0. The molecule has 0 aliphatic carbocycles. The second kappa shape index (κ2) is 16.5. The number of allylic oxidation sites excluding steroid dienone is 2. The van der Waals surface area contributed by atoms with Crippen LogP contribution in [-0.4, -0.2) is 59.6 Å². The van der Waals surface area contributed by atoms with Gasteiger partial charge in [0.2, 0.25) is 0 Å². The Morgan fingerprint density at radius 2 is 1.48 bits per heavy atom. The molecule has 1 rings (SSSR count). The smallest absolute Gasteiger partial charge is 0.114 e. The largest absolute Gasteiger partial charge is 0.394 e. The summed E-state index contributed by atoms with van der Waals surface area (Å²) in [6.45, 7) is 2.61. The van der Waals surface area contributed by atoms with E-state index in [0.29, 0.717) is 6.61 Å². The maximum absolute atomic E-state index is 10.0. The first kappa shape index (κ1) is 24.6. The van der Waals surface area contributed by atoms with Gasteiger partial charge in [0.05, 0.1) is 13.2 Å². The second-order valence-electron chi connectivity index (χ2n) is 7.68. The van der Waals surface area contributed by atoms with Crippen molar-refractivity contribution >= 4 is 0 Å². The molecule has 27 heavy (non-hydrogen) atoms. The number of rotatable bonds is 16. The molecule has 0 bridgehead atoms. The van der Waals surface area contributed by atoms with Crippen LogP contribution in [0.15, 0.2) is 12.2 Å². The van der Waals surface area contributed by atoms with Crippen molar-refractivity contribution < 1.29 is 24.8 Å². The van der Waals surface area contributed by atoms with Gasteiger partial charge in [-0.2, -0.15) is 0 Å². The van der Waals surface area contributed by atoms with Crippen LogP contribution in [0.3, 0.4) is 0 Å². The molecule has 0 aromatic rings. The maximum atomic E-state index is 10.0. The van der Waals surface area contributed by atoms with E-state index >= 15 is 0 Å². The van der Waals surface area contributed by atoms with E-state index in [4.69, 9.17) is 14.6 Å². The molecular weight excluding hydrogens is 344 g/mol. The van der Waals surface area contributed by atoms with Crippen molar-refractivity contribution in [1.82, 2.24) is 0 Å². The first-order valence-electron chi connectivity index (χ1n) is 11.1. The fourth-order valence-electron chi connectivity index (χ4n) is 3.44. The van der Waals surface area contributed by atoms with Crippen molar-refractivity contribution in [1.29, 1.82) is 0 Å². The lowest BCUT2D eigenvalue weighted by atomic mass is 10.0. The van der Waals surface area contributed by atoms with Crippen LogP contribution in [0.1, 0.15) is 84.0 Å². The van der Waals surface area contributed by atoms with Crippen LogP contribution >= 0.6 is 0 Å². The Morgan fingerprint density at radius 1 is 0.889 bits per heavy atom. The fourth-order valence-corrected chi connectivity index (χ4v) is 3.44. The monoisotopic (exact) mass is 386 g/mol. The number of unbranched alkanes of at least 4 members (excludes halogenated alkanes) is 10. The van der Waals surface area contributed by atoms with Crippen molar-refractivity contribution in [3.63, 3.8) is 0 Å². The highest BCUT2D eigenvalue weighted by atomic mass is 16.6. The molecule has 3 N–H and O–H groups in total. The maximum Gasteiger partial charge on any atom is 0.114 e. The van der Waals surface area contributed by atoms with Crippen molar-refractivity contribution in [2.75, 3.05) is 19.8 Å². The summed E-state index contributed by atoms with van der Waals surface area (Å²) in [5, 5.41) is 29.1. The van der Waals surface area contributed by atoms with Crippen LogP contribution < -0.4 is 0 Å². The number of ether oxygens (including phenoxy) is 2. The third-order valence-electron chi connectivity index (χ3n) is 5.22. The lowest BCUT2D eigenvalue weighted by molar-refractivity contribution is -0.210. The summed E-state index contributed by atoms with van der Waals surface area (Å²) in [5.41, 5.74) is 0. The van der Waals surface area contributed by atoms with Crippen molar-refractivity contribution in [3.8, 4) is 0 Å². The van der Waals surface area contributed by atoms with Crippen LogP contribution in [0, 0.1) is 0 Å². The zero-order valence-electron chi connectivity index (χ0n) is 17.2. The molecule has 1 fully saturated rings. The standard InChI is InChI=1S/C22H42O5/c1-2-3-4-5-6-7-8-9-10-11-12-13-14-15-16-26-22-19(24)18-27-20(17-23)21(22)25/h7-8,19-25H,2-6,9-18H2,1H3/b8-7+/t19-,20+,21+,22+/m1/s1. The van der Waals surface area contributed by atoms with Gasteiger partial charge >= 0.3 is 0 Å².